The van der Waals surface area contributed by atoms with Crippen LogP contribution in [0.4, 0.5) is 0 Å². The maximum Gasteiger partial charge on any atom is 0.188 e. The van der Waals surface area contributed by atoms with Gasteiger partial charge in [-0.1, -0.05) is 12.1 Å². The number of phenolic OH excluding ortho intramolecular Hbond substituents is 1. The number of rotatable bonds is 2. The van der Waals surface area contributed by atoms with Gasteiger partial charge in [0.2, 0.25) is 0 Å². The third-order valence-corrected chi connectivity index (χ3v) is 5.80. The molecule has 7 heteroatoms. The Morgan fingerprint density at radius 1 is 1.15 bits per heavy atom. The van der Waals surface area contributed by atoms with E-state index in [0.29, 0.717) is 0 Å². The first-order valence-corrected chi connectivity index (χ1v) is 9.56. The molecule has 4 aliphatic heterocycles. The molecule has 0 bridgehead atoms. The minimum atomic E-state index is -0.0337. The maximum atomic E-state index is 9.91. The number of nitrogens with zero attached hydrogens (tertiary/aromatic N) is 1. The van der Waals surface area contributed by atoms with Gasteiger partial charge in [-0.25, -0.2) is 0 Å². The Bertz CT molecular complexity index is 704. The molecule has 0 radical (unpaired) electrons. The molecule has 2 fully saturated rings. The fraction of sp³-hybridized carbons (Fsp3) is 0.579. The van der Waals surface area contributed by atoms with E-state index in [-0.39, 0.29) is 30.2 Å². The van der Waals surface area contributed by atoms with Crippen molar-refractivity contribution in [3.8, 4) is 5.75 Å². The summed E-state index contributed by atoms with van der Waals surface area (Å²) in [5, 5.41) is 20.8. The normalized spacial score (nSPS) is 34.6. The van der Waals surface area contributed by atoms with Crippen molar-refractivity contribution in [1.82, 2.24) is 20.9 Å². The molecular formula is C19H26N4O3. The van der Waals surface area contributed by atoms with Crippen molar-refractivity contribution in [1.29, 1.82) is 0 Å². The standard InChI is InChI=1S/C19H26N4O3/c24-13-4-1-3-12(11-13)17-21-15-14-5-2-6-20-19(14)26-16(15)18(22-17)23-7-9-25-10-8-23/h1,3-4,11,15-18,20-22,24H,2,5-10H2. The molecule has 4 aliphatic rings. The molecule has 0 saturated carbocycles. The van der Waals surface area contributed by atoms with Crippen LogP contribution in [0.5, 0.6) is 5.75 Å². The van der Waals surface area contributed by atoms with E-state index in [4.69, 9.17) is 9.47 Å². The summed E-state index contributed by atoms with van der Waals surface area (Å²) in [4.78, 5) is 2.43. The second-order valence-electron chi connectivity index (χ2n) is 7.40. The lowest BCUT2D eigenvalue weighted by Gasteiger charge is -2.46. The van der Waals surface area contributed by atoms with E-state index in [2.05, 4.69) is 20.9 Å². The van der Waals surface area contributed by atoms with E-state index in [1.807, 2.05) is 18.2 Å². The van der Waals surface area contributed by atoms with Gasteiger partial charge in [0.05, 0.1) is 25.4 Å². The molecule has 0 amide bonds. The number of morpholine rings is 1. The Labute approximate surface area is 153 Å². The van der Waals surface area contributed by atoms with Gasteiger partial charge in [0.25, 0.3) is 0 Å². The van der Waals surface area contributed by atoms with Crippen molar-refractivity contribution in [3.05, 3.63) is 41.3 Å². The molecule has 4 N–H and O–H groups in total. The van der Waals surface area contributed by atoms with Gasteiger partial charge in [0.15, 0.2) is 5.88 Å². The zero-order chi connectivity index (χ0) is 17.5. The van der Waals surface area contributed by atoms with Gasteiger partial charge in [-0.05, 0) is 30.5 Å². The highest BCUT2D eigenvalue weighted by Crippen LogP contribution is 2.37. The summed E-state index contributed by atoms with van der Waals surface area (Å²) < 4.78 is 11.9. The molecule has 5 rings (SSSR count). The molecule has 140 valence electrons. The summed E-state index contributed by atoms with van der Waals surface area (Å²) in [5.74, 6) is 1.26. The van der Waals surface area contributed by atoms with Crippen LogP contribution < -0.4 is 16.0 Å². The lowest BCUT2D eigenvalue weighted by Crippen LogP contribution is -2.67. The SMILES string of the molecule is Oc1cccc(C2NC3C4=C(NCCC4)OC3C(N3CCOCC3)N2)c1. The Kier molecular flexibility index (Phi) is 4.24. The van der Waals surface area contributed by atoms with Gasteiger partial charge in [0.1, 0.15) is 18.0 Å². The van der Waals surface area contributed by atoms with Gasteiger partial charge >= 0.3 is 0 Å². The minimum absolute atomic E-state index is 0.0337. The van der Waals surface area contributed by atoms with Crippen LogP contribution >= 0.6 is 0 Å². The number of hydrogen-bond acceptors (Lipinski definition) is 7. The van der Waals surface area contributed by atoms with Crippen LogP contribution in [-0.4, -0.2) is 61.2 Å². The number of fused-ring (bicyclic) bond motifs is 2. The highest BCUT2D eigenvalue weighted by atomic mass is 16.5. The topological polar surface area (TPSA) is 78.0 Å². The zero-order valence-corrected chi connectivity index (χ0v) is 14.8. The van der Waals surface area contributed by atoms with Gasteiger partial charge in [-0.2, -0.15) is 0 Å². The summed E-state index contributed by atoms with van der Waals surface area (Å²) in [6.07, 6.45) is 2.31. The van der Waals surface area contributed by atoms with E-state index >= 15 is 0 Å². The lowest BCUT2D eigenvalue weighted by atomic mass is 9.92. The Morgan fingerprint density at radius 2 is 2.04 bits per heavy atom. The summed E-state index contributed by atoms with van der Waals surface area (Å²) in [6, 6.07) is 7.65. The molecule has 4 atom stereocenters. The van der Waals surface area contributed by atoms with Crippen LogP contribution in [0.2, 0.25) is 0 Å². The van der Waals surface area contributed by atoms with Crippen LogP contribution in [0.15, 0.2) is 35.7 Å². The molecule has 0 aromatic heterocycles. The van der Waals surface area contributed by atoms with Crippen molar-refractivity contribution < 1.29 is 14.6 Å². The summed E-state index contributed by atoms with van der Waals surface area (Å²) in [6.45, 7) is 4.28. The molecule has 4 unspecified atom stereocenters. The lowest BCUT2D eigenvalue weighted by molar-refractivity contribution is -0.0642. The molecular weight excluding hydrogens is 332 g/mol. The first-order chi connectivity index (χ1) is 12.8. The first kappa shape index (κ1) is 16.4. The summed E-state index contributed by atoms with van der Waals surface area (Å²) in [5.41, 5.74) is 2.39. The number of phenols is 1. The number of ether oxygens (including phenoxy) is 2. The Balaban J connectivity index is 1.46. The van der Waals surface area contributed by atoms with Crippen LogP contribution in [0, 0.1) is 0 Å². The van der Waals surface area contributed by atoms with Crippen molar-refractivity contribution in [3.63, 3.8) is 0 Å². The Morgan fingerprint density at radius 3 is 2.88 bits per heavy atom. The second-order valence-corrected chi connectivity index (χ2v) is 7.40. The van der Waals surface area contributed by atoms with E-state index in [0.717, 1.165) is 57.1 Å². The number of hydrogen-bond donors (Lipinski definition) is 4. The van der Waals surface area contributed by atoms with Crippen molar-refractivity contribution in [2.75, 3.05) is 32.8 Å². The second kappa shape index (κ2) is 6.74. The molecule has 7 nitrogen and oxygen atoms in total. The maximum absolute atomic E-state index is 9.91. The van der Waals surface area contributed by atoms with Gasteiger partial charge in [-0.15, -0.1) is 0 Å². The molecule has 0 aliphatic carbocycles. The van der Waals surface area contributed by atoms with Crippen LogP contribution in [0.1, 0.15) is 24.6 Å². The molecule has 1 aromatic rings. The number of benzene rings is 1. The fourth-order valence-electron chi connectivity index (χ4n) is 4.53. The van der Waals surface area contributed by atoms with E-state index in [1.54, 1.807) is 6.07 Å². The highest BCUT2D eigenvalue weighted by molar-refractivity contribution is 5.33. The van der Waals surface area contributed by atoms with E-state index in [1.165, 1.54) is 5.57 Å². The largest absolute Gasteiger partial charge is 0.508 e. The highest BCUT2D eigenvalue weighted by Gasteiger charge is 2.49. The molecule has 4 heterocycles. The summed E-state index contributed by atoms with van der Waals surface area (Å²) >= 11 is 0. The zero-order valence-electron chi connectivity index (χ0n) is 14.8. The van der Waals surface area contributed by atoms with E-state index in [9.17, 15) is 5.11 Å². The predicted molar refractivity (Wildman–Crippen MR) is 96.2 cm³/mol. The molecule has 1 aromatic carbocycles. The van der Waals surface area contributed by atoms with Crippen molar-refractivity contribution in [2.45, 2.75) is 37.3 Å². The minimum Gasteiger partial charge on any atom is -0.508 e. The van der Waals surface area contributed by atoms with Crippen LogP contribution in [0.3, 0.4) is 0 Å². The van der Waals surface area contributed by atoms with Crippen LogP contribution in [-0.2, 0) is 9.47 Å². The quantitative estimate of drug-likeness (QED) is 0.617. The van der Waals surface area contributed by atoms with Crippen LogP contribution in [0.25, 0.3) is 0 Å². The third kappa shape index (κ3) is 2.85. The average molecular weight is 358 g/mol. The third-order valence-electron chi connectivity index (χ3n) is 5.80. The monoisotopic (exact) mass is 358 g/mol. The predicted octanol–water partition coefficient (Wildman–Crippen LogP) is 0.604. The molecule has 26 heavy (non-hydrogen) atoms. The Hall–Kier alpha value is -1.80. The average Bonchev–Trinajstić information content (AvgIpc) is 3.06. The molecule has 0 spiro atoms. The first-order valence-electron chi connectivity index (χ1n) is 9.56. The van der Waals surface area contributed by atoms with E-state index < -0.39 is 0 Å². The van der Waals surface area contributed by atoms with Crippen molar-refractivity contribution >= 4 is 0 Å². The summed E-state index contributed by atoms with van der Waals surface area (Å²) in [7, 11) is 0. The van der Waals surface area contributed by atoms with Gasteiger partial charge in [-0.3, -0.25) is 15.5 Å². The number of nitrogens with one attached hydrogen (secondary N) is 3. The smallest absolute Gasteiger partial charge is 0.188 e. The van der Waals surface area contributed by atoms with Crippen molar-refractivity contribution in [2.24, 2.45) is 0 Å². The molecule has 2 saturated heterocycles. The number of aromatic hydroxyl groups is 1. The van der Waals surface area contributed by atoms with Gasteiger partial charge in [0, 0.05) is 25.2 Å². The fourth-order valence-corrected chi connectivity index (χ4v) is 4.53. The van der Waals surface area contributed by atoms with Gasteiger partial charge < -0.3 is 19.9 Å².